The van der Waals surface area contributed by atoms with E-state index in [2.05, 4.69) is 198 Å². The Labute approximate surface area is 311 Å². The van der Waals surface area contributed by atoms with Gasteiger partial charge in [0.15, 0.2) is 5.58 Å². The summed E-state index contributed by atoms with van der Waals surface area (Å²) >= 11 is 0. The molecule has 3 nitrogen and oxygen atoms in total. The van der Waals surface area contributed by atoms with Crippen molar-refractivity contribution in [3.8, 4) is 22.3 Å². The maximum Gasteiger partial charge on any atom is 0.163 e. The highest BCUT2D eigenvalue weighted by Gasteiger charge is 2.27. The Morgan fingerprint density at radius 2 is 0.830 bits per heavy atom. The van der Waals surface area contributed by atoms with E-state index in [4.69, 9.17) is 8.83 Å². The van der Waals surface area contributed by atoms with Crippen molar-refractivity contribution < 1.29 is 8.83 Å². The number of benzene rings is 7. The summed E-state index contributed by atoms with van der Waals surface area (Å²) in [6.07, 6.45) is 0. The number of rotatable bonds is 5. The molecule has 53 heavy (non-hydrogen) atoms. The Morgan fingerprint density at radius 3 is 1.32 bits per heavy atom. The number of anilines is 3. The molecule has 0 radical (unpaired) electrons. The van der Waals surface area contributed by atoms with Crippen molar-refractivity contribution in [3.05, 3.63) is 163 Å². The van der Waals surface area contributed by atoms with E-state index in [1.165, 1.54) is 33.4 Å². The van der Waals surface area contributed by atoms with Gasteiger partial charge in [-0.3, -0.25) is 0 Å². The molecule has 0 bridgehead atoms. The van der Waals surface area contributed by atoms with Gasteiger partial charge in [0.25, 0.3) is 0 Å². The maximum absolute atomic E-state index is 6.94. The fraction of sp³-hybridized carbons (Fsp3) is 0.160. The van der Waals surface area contributed by atoms with Crippen molar-refractivity contribution in [2.24, 2.45) is 0 Å². The Bertz CT molecular complexity index is 2670. The summed E-state index contributed by atoms with van der Waals surface area (Å²) in [4.78, 5) is 2.34. The molecule has 9 rings (SSSR count). The molecule has 3 heteroatoms. The minimum Gasteiger partial charge on any atom is -0.455 e. The smallest absolute Gasteiger partial charge is 0.163 e. The summed E-state index contributed by atoms with van der Waals surface area (Å²) in [5, 5.41) is 4.24. The molecule has 260 valence electrons. The third-order valence-corrected chi connectivity index (χ3v) is 10.6. The highest BCUT2D eigenvalue weighted by atomic mass is 16.3. The third-order valence-electron chi connectivity index (χ3n) is 10.6. The van der Waals surface area contributed by atoms with Crippen LogP contribution in [0.4, 0.5) is 17.1 Å². The zero-order valence-corrected chi connectivity index (χ0v) is 31.2. The summed E-state index contributed by atoms with van der Waals surface area (Å²) in [6.45, 7) is 13.6. The van der Waals surface area contributed by atoms with Crippen LogP contribution >= 0.6 is 0 Å². The Morgan fingerprint density at radius 1 is 0.396 bits per heavy atom. The summed E-state index contributed by atoms with van der Waals surface area (Å²) in [7, 11) is 0. The van der Waals surface area contributed by atoms with E-state index in [-0.39, 0.29) is 10.8 Å². The van der Waals surface area contributed by atoms with Crippen molar-refractivity contribution in [3.63, 3.8) is 0 Å². The molecule has 9 aromatic rings. The molecule has 0 saturated heterocycles. The first kappa shape index (κ1) is 32.8. The predicted octanol–water partition coefficient (Wildman–Crippen LogP) is 14.9. The van der Waals surface area contributed by atoms with Gasteiger partial charge in [0, 0.05) is 27.5 Å². The molecule has 0 atom stereocenters. The molecule has 0 aliphatic carbocycles. The van der Waals surface area contributed by atoms with Gasteiger partial charge in [-0.25, -0.2) is 0 Å². The first-order chi connectivity index (χ1) is 25.5. The summed E-state index contributed by atoms with van der Waals surface area (Å²) in [5.41, 5.74) is 13.6. The van der Waals surface area contributed by atoms with E-state index in [0.717, 1.165) is 60.9 Å². The van der Waals surface area contributed by atoms with Crippen LogP contribution in [0.1, 0.15) is 52.7 Å². The van der Waals surface area contributed by atoms with Gasteiger partial charge >= 0.3 is 0 Å². The molecule has 0 aliphatic rings. The lowest BCUT2D eigenvalue weighted by Gasteiger charge is -2.26. The van der Waals surface area contributed by atoms with Gasteiger partial charge < -0.3 is 13.7 Å². The third kappa shape index (κ3) is 5.77. The molecule has 0 fully saturated rings. The minimum absolute atomic E-state index is 0.0122. The number of furan rings is 2. The Hall–Kier alpha value is -6.06. The van der Waals surface area contributed by atoms with Gasteiger partial charge in [-0.15, -0.1) is 0 Å². The minimum atomic E-state index is -0.0307. The van der Waals surface area contributed by atoms with Gasteiger partial charge in [0.2, 0.25) is 0 Å². The Kier molecular flexibility index (Phi) is 7.60. The van der Waals surface area contributed by atoms with Gasteiger partial charge in [0.05, 0.1) is 11.1 Å². The number of nitrogens with zero attached hydrogens (tertiary/aromatic N) is 1. The zero-order chi connectivity index (χ0) is 36.5. The number of hydrogen-bond acceptors (Lipinski definition) is 3. The van der Waals surface area contributed by atoms with Gasteiger partial charge in [-0.05, 0) is 98.8 Å². The van der Waals surface area contributed by atoms with Crippen LogP contribution in [0.5, 0.6) is 0 Å². The van der Waals surface area contributed by atoms with E-state index >= 15 is 0 Å². The van der Waals surface area contributed by atoms with E-state index < -0.39 is 0 Å². The molecule has 0 aliphatic heterocycles. The molecule has 2 aromatic heterocycles. The standard InChI is InChI=1S/C50H43NO2/c1-49(2,3)36-21-27-44-40(29-36)41-31-43(48-46(47(41)52-44)42-30-37(50(4,5)6)22-28-45(42)53-48)51(38-23-17-34(18-24-38)32-13-9-7-10-14-32)39-25-19-35(20-26-39)33-15-11-8-12-16-33/h7-31H,1-6H3. The van der Waals surface area contributed by atoms with Gasteiger partial charge in [0.1, 0.15) is 16.7 Å². The first-order valence-electron chi connectivity index (χ1n) is 18.5. The van der Waals surface area contributed by atoms with Crippen LogP contribution in [0, 0.1) is 0 Å². The molecular weight excluding hydrogens is 647 g/mol. The van der Waals surface area contributed by atoms with Crippen LogP contribution in [0.3, 0.4) is 0 Å². The lowest BCUT2D eigenvalue weighted by Crippen LogP contribution is -2.10. The van der Waals surface area contributed by atoms with E-state index in [1.54, 1.807) is 0 Å². The highest BCUT2D eigenvalue weighted by molar-refractivity contribution is 6.25. The van der Waals surface area contributed by atoms with Crippen LogP contribution in [0.15, 0.2) is 160 Å². The second-order valence-electron chi connectivity index (χ2n) is 16.3. The molecule has 0 N–H and O–H groups in total. The van der Waals surface area contributed by atoms with Crippen molar-refractivity contribution >= 4 is 60.9 Å². The van der Waals surface area contributed by atoms with Crippen molar-refractivity contribution in [1.29, 1.82) is 0 Å². The molecule has 0 spiro atoms. The number of fused-ring (bicyclic) bond motifs is 7. The van der Waals surface area contributed by atoms with Gasteiger partial charge in [-0.2, -0.15) is 0 Å². The summed E-state index contributed by atoms with van der Waals surface area (Å²) in [6, 6.07) is 54.3. The highest BCUT2D eigenvalue weighted by Crippen LogP contribution is 2.49. The monoisotopic (exact) mass is 689 g/mol. The van der Waals surface area contributed by atoms with E-state index in [0.29, 0.717) is 0 Å². The van der Waals surface area contributed by atoms with Crippen LogP contribution in [-0.4, -0.2) is 0 Å². The lowest BCUT2D eigenvalue weighted by atomic mass is 9.86. The van der Waals surface area contributed by atoms with E-state index in [9.17, 15) is 0 Å². The van der Waals surface area contributed by atoms with Crippen molar-refractivity contribution in [2.45, 2.75) is 52.4 Å². The molecule has 0 saturated carbocycles. The summed E-state index contributed by atoms with van der Waals surface area (Å²) in [5.74, 6) is 0. The maximum atomic E-state index is 6.94. The van der Waals surface area contributed by atoms with E-state index in [1.807, 2.05) is 0 Å². The first-order valence-corrected chi connectivity index (χ1v) is 18.5. The molecular formula is C50H43NO2. The number of hydrogen-bond donors (Lipinski definition) is 0. The topological polar surface area (TPSA) is 29.5 Å². The van der Waals surface area contributed by atoms with Gasteiger partial charge in [-0.1, -0.05) is 139 Å². The average Bonchev–Trinajstić information content (AvgIpc) is 3.73. The largest absolute Gasteiger partial charge is 0.455 e. The fourth-order valence-corrected chi connectivity index (χ4v) is 7.54. The zero-order valence-electron chi connectivity index (χ0n) is 31.2. The quantitative estimate of drug-likeness (QED) is 0.180. The Balaban J connectivity index is 1.35. The van der Waals surface area contributed by atoms with Crippen molar-refractivity contribution in [2.75, 3.05) is 4.90 Å². The molecule has 0 unspecified atom stereocenters. The van der Waals surface area contributed by atoms with Crippen molar-refractivity contribution in [1.82, 2.24) is 0 Å². The second-order valence-corrected chi connectivity index (χ2v) is 16.3. The molecule has 2 heterocycles. The fourth-order valence-electron chi connectivity index (χ4n) is 7.54. The molecule has 0 amide bonds. The van der Waals surface area contributed by atoms with Crippen LogP contribution in [-0.2, 0) is 10.8 Å². The SMILES string of the molecule is CC(C)(C)c1ccc2oc3c(cc(N(c4ccc(-c5ccccc5)cc4)c4ccc(-c5ccccc5)cc4)c4oc5ccc(C(C)(C)C)cc5c43)c2c1. The van der Waals surface area contributed by atoms with Crippen LogP contribution in [0.25, 0.3) is 66.1 Å². The van der Waals surface area contributed by atoms with Crippen LogP contribution < -0.4 is 4.90 Å². The lowest BCUT2D eigenvalue weighted by molar-refractivity contribution is 0.590. The predicted molar refractivity (Wildman–Crippen MR) is 224 cm³/mol. The summed E-state index contributed by atoms with van der Waals surface area (Å²) < 4.78 is 13.8. The average molecular weight is 690 g/mol. The second kappa shape index (κ2) is 12.3. The molecule has 7 aromatic carbocycles. The van der Waals surface area contributed by atoms with Crippen LogP contribution in [0.2, 0.25) is 0 Å². The normalized spacial score (nSPS) is 12.3.